The zero-order valence-corrected chi connectivity index (χ0v) is 11.3. The summed E-state index contributed by atoms with van der Waals surface area (Å²) in [6, 6.07) is 4.88. The second-order valence-electron chi connectivity index (χ2n) is 4.57. The van der Waals surface area contributed by atoms with Gasteiger partial charge in [0.1, 0.15) is 11.6 Å². The molecular weight excluding hydrogens is 229 g/mol. The normalized spacial score (nSPS) is 10.6. The summed E-state index contributed by atoms with van der Waals surface area (Å²) in [6.45, 7) is 3.10. The highest BCUT2D eigenvalue weighted by Crippen LogP contribution is 2.16. The van der Waals surface area contributed by atoms with Crippen LogP contribution in [0.5, 0.6) is 5.75 Å². The summed E-state index contributed by atoms with van der Waals surface area (Å²) in [4.78, 5) is 0. The number of halogens is 1. The fraction of sp³-hybridized carbons (Fsp3) is 0.600. The zero-order chi connectivity index (χ0) is 13.2. The lowest BCUT2D eigenvalue weighted by Gasteiger charge is -2.07. The standard InChI is InChI=1S/C15H24FNO/c1-2-3-4-5-6-7-10-18-14-9-8-13(12-17)15(16)11-14/h8-9,11H,2-7,10,12,17H2,1H3. The minimum atomic E-state index is -0.280. The third-order valence-corrected chi connectivity index (χ3v) is 3.01. The predicted molar refractivity (Wildman–Crippen MR) is 73.2 cm³/mol. The van der Waals surface area contributed by atoms with E-state index in [9.17, 15) is 4.39 Å². The third kappa shape index (κ3) is 5.50. The van der Waals surface area contributed by atoms with Gasteiger partial charge in [-0.1, -0.05) is 45.1 Å². The van der Waals surface area contributed by atoms with Crippen molar-refractivity contribution in [3.63, 3.8) is 0 Å². The number of hydrogen-bond acceptors (Lipinski definition) is 2. The monoisotopic (exact) mass is 253 g/mol. The molecule has 18 heavy (non-hydrogen) atoms. The van der Waals surface area contributed by atoms with Crippen LogP contribution in [-0.4, -0.2) is 6.61 Å². The van der Waals surface area contributed by atoms with Gasteiger partial charge in [-0.3, -0.25) is 0 Å². The number of ether oxygens (including phenoxy) is 1. The molecule has 0 aliphatic carbocycles. The van der Waals surface area contributed by atoms with Crippen LogP contribution in [0.2, 0.25) is 0 Å². The molecule has 0 heterocycles. The molecule has 0 unspecified atom stereocenters. The maximum absolute atomic E-state index is 13.4. The summed E-state index contributed by atoms with van der Waals surface area (Å²) >= 11 is 0. The Labute approximate surface area is 109 Å². The van der Waals surface area contributed by atoms with E-state index in [1.54, 1.807) is 12.1 Å². The molecule has 2 nitrogen and oxygen atoms in total. The average Bonchev–Trinajstić information content (AvgIpc) is 2.38. The van der Waals surface area contributed by atoms with Crippen LogP contribution in [0, 0.1) is 5.82 Å². The SMILES string of the molecule is CCCCCCCCOc1ccc(CN)c(F)c1. The Hall–Kier alpha value is -1.09. The Morgan fingerprint density at radius 2 is 1.83 bits per heavy atom. The molecule has 0 saturated heterocycles. The minimum absolute atomic E-state index is 0.226. The van der Waals surface area contributed by atoms with E-state index in [1.807, 2.05) is 0 Å². The summed E-state index contributed by atoms with van der Waals surface area (Å²) in [6.07, 6.45) is 7.36. The summed E-state index contributed by atoms with van der Waals surface area (Å²) in [5, 5.41) is 0. The molecule has 0 bridgehead atoms. The van der Waals surface area contributed by atoms with Gasteiger partial charge in [0.15, 0.2) is 0 Å². The van der Waals surface area contributed by atoms with Gasteiger partial charge in [-0.05, 0) is 12.5 Å². The highest BCUT2D eigenvalue weighted by atomic mass is 19.1. The van der Waals surface area contributed by atoms with E-state index in [1.165, 1.54) is 38.2 Å². The highest BCUT2D eigenvalue weighted by Gasteiger charge is 2.02. The predicted octanol–water partition coefficient (Wildman–Crippen LogP) is 4.02. The molecule has 102 valence electrons. The van der Waals surface area contributed by atoms with Crippen molar-refractivity contribution < 1.29 is 9.13 Å². The van der Waals surface area contributed by atoms with E-state index in [-0.39, 0.29) is 12.4 Å². The second kappa shape index (κ2) is 8.92. The lowest BCUT2D eigenvalue weighted by molar-refractivity contribution is 0.302. The lowest BCUT2D eigenvalue weighted by Crippen LogP contribution is -2.02. The van der Waals surface area contributed by atoms with Crippen molar-refractivity contribution in [2.75, 3.05) is 6.61 Å². The number of benzene rings is 1. The van der Waals surface area contributed by atoms with Crippen LogP contribution < -0.4 is 10.5 Å². The van der Waals surface area contributed by atoms with Gasteiger partial charge in [0.2, 0.25) is 0 Å². The van der Waals surface area contributed by atoms with Crippen molar-refractivity contribution in [3.05, 3.63) is 29.6 Å². The molecular formula is C15H24FNO. The molecule has 2 N–H and O–H groups in total. The maximum Gasteiger partial charge on any atom is 0.131 e. The molecule has 1 rings (SSSR count). The molecule has 0 amide bonds. The molecule has 0 aliphatic heterocycles. The topological polar surface area (TPSA) is 35.2 Å². The first kappa shape index (κ1) is 15.0. The summed E-state index contributed by atoms with van der Waals surface area (Å²) < 4.78 is 18.9. The Kier molecular flexibility index (Phi) is 7.42. The summed E-state index contributed by atoms with van der Waals surface area (Å²) in [5.41, 5.74) is 5.93. The Morgan fingerprint density at radius 1 is 1.11 bits per heavy atom. The maximum atomic E-state index is 13.4. The molecule has 0 aliphatic rings. The summed E-state index contributed by atoms with van der Waals surface area (Å²) in [5.74, 6) is 0.316. The van der Waals surface area contributed by atoms with Gasteiger partial charge in [0.05, 0.1) is 6.61 Å². The molecule has 1 aromatic carbocycles. The first-order valence-electron chi connectivity index (χ1n) is 6.89. The van der Waals surface area contributed by atoms with Gasteiger partial charge >= 0.3 is 0 Å². The van der Waals surface area contributed by atoms with Crippen LogP contribution in [0.1, 0.15) is 51.0 Å². The van der Waals surface area contributed by atoms with E-state index in [0.717, 1.165) is 6.42 Å². The van der Waals surface area contributed by atoms with Crippen molar-refractivity contribution in [1.82, 2.24) is 0 Å². The average molecular weight is 253 g/mol. The third-order valence-electron chi connectivity index (χ3n) is 3.01. The van der Waals surface area contributed by atoms with Crippen molar-refractivity contribution in [3.8, 4) is 5.75 Å². The van der Waals surface area contributed by atoms with Crippen LogP contribution in [0.15, 0.2) is 18.2 Å². The van der Waals surface area contributed by atoms with Crippen molar-refractivity contribution in [1.29, 1.82) is 0 Å². The Morgan fingerprint density at radius 3 is 2.50 bits per heavy atom. The smallest absolute Gasteiger partial charge is 0.131 e. The largest absolute Gasteiger partial charge is 0.493 e. The summed E-state index contributed by atoms with van der Waals surface area (Å²) in [7, 11) is 0. The van der Waals surface area contributed by atoms with Gasteiger partial charge in [-0.15, -0.1) is 0 Å². The van der Waals surface area contributed by atoms with Gasteiger partial charge in [0.25, 0.3) is 0 Å². The van der Waals surface area contributed by atoms with E-state index in [0.29, 0.717) is 17.9 Å². The van der Waals surface area contributed by atoms with Crippen molar-refractivity contribution in [2.24, 2.45) is 5.73 Å². The second-order valence-corrected chi connectivity index (χ2v) is 4.57. The highest BCUT2D eigenvalue weighted by molar-refractivity contribution is 5.28. The fourth-order valence-corrected chi connectivity index (χ4v) is 1.86. The molecule has 0 radical (unpaired) electrons. The molecule has 0 fully saturated rings. The van der Waals surface area contributed by atoms with Crippen molar-refractivity contribution >= 4 is 0 Å². The molecule has 1 aromatic rings. The molecule has 0 aromatic heterocycles. The van der Waals surface area contributed by atoms with Gasteiger partial charge in [-0.2, -0.15) is 0 Å². The fourth-order valence-electron chi connectivity index (χ4n) is 1.86. The lowest BCUT2D eigenvalue weighted by atomic mass is 10.1. The van der Waals surface area contributed by atoms with Crippen LogP contribution in [0.25, 0.3) is 0 Å². The van der Waals surface area contributed by atoms with E-state index < -0.39 is 0 Å². The number of unbranched alkanes of at least 4 members (excludes halogenated alkanes) is 5. The first-order valence-corrected chi connectivity index (χ1v) is 6.89. The quantitative estimate of drug-likeness (QED) is 0.674. The van der Waals surface area contributed by atoms with E-state index >= 15 is 0 Å². The molecule has 0 saturated carbocycles. The number of rotatable bonds is 9. The molecule has 0 spiro atoms. The van der Waals surface area contributed by atoms with Gasteiger partial charge in [0, 0.05) is 18.2 Å². The van der Waals surface area contributed by atoms with E-state index in [4.69, 9.17) is 10.5 Å². The number of hydrogen-bond donors (Lipinski definition) is 1. The van der Waals surface area contributed by atoms with Gasteiger partial charge in [-0.25, -0.2) is 4.39 Å². The molecule has 0 atom stereocenters. The van der Waals surface area contributed by atoms with Crippen LogP contribution in [0.4, 0.5) is 4.39 Å². The van der Waals surface area contributed by atoms with Crippen LogP contribution in [-0.2, 0) is 6.54 Å². The van der Waals surface area contributed by atoms with Crippen molar-refractivity contribution in [2.45, 2.75) is 52.0 Å². The van der Waals surface area contributed by atoms with E-state index in [2.05, 4.69) is 6.92 Å². The Bertz CT molecular complexity index is 341. The Balaban J connectivity index is 2.17. The zero-order valence-electron chi connectivity index (χ0n) is 11.3. The number of nitrogens with two attached hydrogens (primary N) is 1. The minimum Gasteiger partial charge on any atom is -0.493 e. The molecule has 3 heteroatoms. The van der Waals surface area contributed by atoms with Crippen LogP contribution >= 0.6 is 0 Å². The van der Waals surface area contributed by atoms with Gasteiger partial charge < -0.3 is 10.5 Å². The van der Waals surface area contributed by atoms with Crippen LogP contribution in [0.3, 0.4) is 0 Å². The first-order chi connectivity index (χ1) is 8.77.